The maximum atomic E-state index is 14.7. The van der Waals surface area contributed by atoms with Gasteiger partial charge in [0.1, 0.15) is 53.5 Å². The van der Waals surface area contributed by atoms with Crippen LogP contribution in [0.3, 0.4) is 0 Å². The predicted molar refractivity (Wildman–Crippen MR) is 523 cm³/mol. The van der Waals surface area contributed by atoms with Crippen LogP contribution in [0.1, 0.15) is 187 Å². The van der Waals surface area contributed by atoms with E-state index in [1.165, 1.54) is 18.3 Å². The number of cyclic esters (lactones) is 1. The van der Waals surface area contributed by atoms with Crippen LogP contribution < -0.4 is 31.9 Å². The Balaban J connectivity index is 0.000000326. The number of amides is 3. The molecular weight excluding hydrogens is 1790 g/mol. The summed E-state index contributed by atoms with van der Waals surface area (Å²) in [5, 5.41) is 62.6. The number of ketones is 3. The van der Waals surface area contributed by atoms with E-state index in [9.17, 15) is 54.0 Å². The number of nitrogen functional groups attached to an aromatic ring is 2. The van der Waals surface area contributed by atoms with Crippen molar-refractivity contribution in [2.45, 2.75) is 245 Å². The van der Waals surface area contributed by atoms with Crippen molar-refractivity contribution in [3.05, 3.63) is 108 Å². The molecule has 2 bridgehead atoms. The number of hydrogen-bond acceptors (Lipinski definition) is 35. The second kappa shape index (κ2) is 53.9. The van der Waals surface area contributed by atoms with Crippen molar-refractivity contribution in [3.8, 4) is 11.3 Å². The minimum Gasteiger partial charge on any atom is -0.460 e. The van der Waals surface area contributed by atoms with Gasteiger partial charge in [-0.3, -0.25) is 33.7 Å². The van der Waals surface area contributed by atoms with Crippen molar-refractivity contribution < 1.29 is 96.4 Å². The molecule has 10 heterocycles. The number of esters is 1. The first-order valence-corrected chi connectivity index (χ1v) is 49.2. The van der Waals surface area contributed by atoms with Gasteiger partial charge in [-0.15, -0.1) is 0 Å². The second-order valence-electron chi connectivity index (χ2n) is 38.0. The highest BCUT2D eigenvalue weighted by Gasteiger charge is 2.53. The molecule has 0 spiro atoms. The molecule has 762 valence electrons. The van der Waals surface area contributed by atoms with E-state index in [1.54, 1.807) is 78.8 Å². The van der Waals surface area contributed by atoms with Crippen LogP contribution in [0.4, 0.5) is 23.7 Å². The normalized spacial score (nSPS) is 27.4. The number of methoxy groups -OCH3 is 3. The number of benzene rings is 1. The first-order chi connectivity index (χ1) is 66.8. The number of ether oxygens (including phenoxy) is 7. The number of oxime groups is 1. The number of nitrogens with one attached hydrogen (secondary N) is 2. The fourth-order valence-corrected chi connectivity index (χ4v) is 18.7. The number of nitrogens with two attached hydrogens (primary N) is 2. The highest BCUT2D eigenvalue weighted by Crippen LogP contribution is 2.40. The van der Waals surface area contributed by atoms with Crippen LogP contribution in [0.25, 0.3) is 33.4 Å². The summed E-state index contributed by atoms with van der Waals surface area (Å²) in [7, 11) is 6.68. The number of aliphatic hydroxyl groups is 4. The maximum Gasteiger partial charge on any atom is 0.329 e. The van der Waals surface area contributed by atoms with E-state index >= 15 is 0 Å². The van der Waals surface area contributed by atoms with Crippen LogP contribution in [0.15, 0.2) is 106 Å². The number of nitrogens with zero attached hydrogens (tertiary/aromatic N) is 15. The highest BCUT2D eigenvalue weighted by molar-refractivity contribution is 6.39. The van der Waals surface area contributed by atoms with Gasteiger partial charge in [0.25, 0.3) is 23.6 Å². The molecule has 5 aromatic heterocycles. The molecule has 12 rings (SSSR count). The zero-order valence-corrected chi connectivity index (χ0v) is 82.9. The Morgan fingerprint density at radius 2 is 1.43 bits per heavy atom. The van der Waals surface area contributed by atoms with Crippen molar-refractivity contribution in [2.24, 2.45) is 40.7 Å². The van der Waals surface area contributed by atoms with Gasteiger partial charge in [-0.1, -0.05) is 82.7 Å². The molecule has 39 nitrogen and oxygen atoms in total. The van der Waals surface area contributed by atoms with Crippen LogP contribution in [0.2, 0.25) is 0 Å². The summed E-state index contributed by atoms with van der Waals surface area (Å²) >= 11 is 0. The Labute approximate surface area is 814 Å². The molecule has 139 heavy (non-hydrogen) atoms. The SMILES string of the molecule is CC(=O)CCOCCN1CCN(c2ncc(C(=O)CCCCCn3nc(-c4ccc5oc(N)nc5c4)c4c(N)ncnc43)cn2)CC1.CO[C@H]1C[C@@H]2CC[C@@H](C)[C@@](O)(O2)C(=O)C(=O)N2CCCC[C@H]2C(=O)O[C@H]([C@H](C)C[C@@H]2CC[C@@H](O)[C@H](OC)C2)C[C@@H](O)[C@H](C)/C=C(\C)[C@@H](O)[C@@H](OC)C(=NOCC(=O)NCCOCCC(=O)NCc2cnc(N3CCN(C)CC3)nc2)[C@H](C)C[C@H](C)/C=C/C=C/C=C/1C. The number of piperidine rings is 1. The lowest BCUT2D eigenvalue weighted by atomic mass is 9.78. The van der Waals surface area contributed by atoms with Crippen LogP contribution in [0.5, 0.6) is 0 Å². The lowest BCUT2D eigenvalue weighted by Crippen LogP contribution is -2.61. The number of Topliss-reactive ketones (excluding diaryl/α,β-unsaturated/α-hetero) is 3. The minimum atomic E-state index is -2.45. The summed E-state index contributed by atoms with van der Waals surface area (Å²) in [6.45, 7) is 24.4. The van der Waals surface area contributed by atoms with Crippen LogP contribution in [0, 0.1) is 35.5 Å². The van der Waals surface area contributed by atoms with Gasteiger partial charge < -0.3 is 105 Å². The van der Waals surface area contributed by atoms with Gasteiger partial charge in [-0.2, -0.15) is 10.1 Å². The number of hydrogen-bond donors (Lipinski definition) is 8. The minimum absolute atomic E-state index is 0.0260. The van der Waals surface area contributed by atoms with Gasteiger partial charge in [0.2, 0.25) is 23.6 Å². The van der Waals surface area contributed by atoms with Crippen molar-refractivity contribution in [1.29, 1.82) is 0 Å². The summed E-state index contributed by atoms with van der Waals surface area (Å²) in [5.74, 6) is -6.16. The van der Waals surface area contributed by atoms with Gasteiger partial charge in [0, 0.05) is 192 Å². The van der Waals surface area contributed by atoms with Gasteiger partial charge in [0.15, 0.2) is 23.6 Å². The fourth-order valence-electron chi connectivity index (χ4n) is 18.7. The first-order valence-electron chi connectivity index (χ1n) is 49.2. The molecule has 1 aliphatic carbocycles. The Morgan fingerprint density at radius 1 is 0.712 bits per heavy atom. The van der Waals surface area contributed by atoms with Crippen LogP contribution >= 0.6 is 0 Å². The summed E-state index contributed by atoms with van der Waals surface area (Å²) in [6, 6.07) is 4.49. The van der Waals surface area contributed by atoms with Crippen LogP contribution in [-0.4, -0.2) is 321 Å². The third kappa shape index (κ3) is 31.5. The zero-order valence-electron chi connectivity index (χ0n) is 82.9. The monoisotopic (exact) mass is 1930 g/mol. The van der Waals surface area contributed by atoms with Gasteiger partial charge >= 0.3 is 5.97 Å². The Bertz CT molecular complexity index is 5130. The average Bonchev–Trinajstić information content (AvgIpc) is 1.75. The molecule has 1 aromatic carbocycles. The number of likely N-dealkylation sites (N-methyl/N-ethyl adjacent to an activating group) is 1. The number of unbranched alkanes of at least 4 members (excludes halogenated alkanes) is 2. The number of oxazole rings is 1. The molecule has 4 saturated heterocycles. The molecule has 6 aliphatic rings. The summed E-state index contributed by atoms with van der Waals surface area (Å²) < 4.78 is 48.6. The quantitative estimate of drug-likeness (QED) is 0.00479. The van der Waals surface area contributed by atoms with E-state index in [1.807, 2.05) is 74.9 Å². The smallest absolute Gasteiger partial charge is 0.329 e. The van der Waals surface area contributed by atoms with E-state index in [0.29, 0.717) is 159 Å². The predicted octanol–water partition coefficient (Wildman–Crippen LogP) is 8.31. The number of aliphatic hydroxyl groups excluding tert-OH is 3. The summed E-state index contributed by atoms with van der Waals surface area (Å²) in [4.78, 5) is 140. The number of aryl methyl sites for hydroxylation is 1. The van der Waals surface area contributed by atoms with Gasteiger partial charge in [-0.25, -0.2) is 39.4 Å². The average molecular weight is 1940 g/mol. The molecule has 1 saturated carbocycles. The third-order valence-corrected chi connectivity index (χ3v) is 27.3. The lowest BCUT2D eigenvalue weighted by molar-refractivity contribution is -0.265. The fraction of sp³-hybridized carbons (Fsp3) is 0.640. The molecular formula is C100H147N19O20. The first kappa shape index (κ1) is 109. The Morgan fingerprint density at radius 3 is 2.15 bits per heavy atom. The second-order valence-corrected chi connectivity index (χ2v) is 38.0. The van der Waals surface area contributed by atoms with Crippen molar-refractivity contribution >= 4 is 92.6 Å². The molecule has 5 fully saturated rings. The number of allylic oxidation sites excluding steroid dienone is 5. The molecule has 5 aliphatic heterocycles. The number of fused-ring (bicyclic) bond motifs is 5. The molecule has 10 N–H and O–H groups in total. The van der Waals surface area contributed by atoms with Gasteiger partial charge in [0.05, 0.1) is 73.6 Å². The maximum absolute atomic E-state index is 14.7. The van der Waals surface area contributed by atoms with E-state index in [-0.39, 0.29) is 105 Å². The summed E-state index contributed by atoms with van der Waals surface area (Å²) in [5.41, 5.74) is 18.3. The van der Waals surface area contributed by atoms with E-state index < -0.39 is 96.6 Å². The standard InChI is InChI=1S/C68H108N8O16.C32H39N11O4/c1-43-17-13-12-14-18-44(2)56(86-9)37-52-22-20-49(7)68(85,92-52)64(82)65(83)76-26-16-15-19-53(76)66(84)91-57(46(4)35-50-21-23-54(77)58(36-50)87-10)38-55(78)45(3)34-48(6)62(81)63(88-11)61(47(5)33-43)73-90-42-60(80)69-25-32-89-31-24-59(79)70-39-51-40-71-67(72-41-51)75-29-27-74(8)28-30-75;1-21(44)8-15-46-16-14-41-10-12-42(13-11-41)32-35-18-23(19-36-32)25(45)5-3-2-4-9-43-30-27(29(33)37-20-38-30)28(40-43)22-6-7-26-24(17-22)39-31(34)47-26/h12-14,17-18,34,40-41,43,45-47,49-50,52-58,62-63,77-78,81,85H,15-16,19-33,35-39,42H2,1-11H3,(H,69,80)(H,70,79);6-7,17-20H,2-5,8-16H2,1H3,(H2,34,39)(H2,33,37,38)/b14-12+,17-13+,44-18+,48-34+,73-61?;/t43-,45-,46-,47-,49-,50+,52+,53+,54-,55-,56+,57+,58-,62-,63+,68-;/m1./s1. The summed E-state index contributed by atoms with van der Waals surface area (Å²) in [6.07, 6.45) is 21.8. The number of anilines is 4. The third-order valence-electron chi connectivity index (χ3n) is 27.3. The molecule has 16 atom stereocenters. The number of carbonyl (C=O) groups is 7. The molecule has 6 aromatic rings. The van der Waals surface area contributed by atoms with E-state index in [0.717, 1.165) is 94.9 Å². The number of rotatable bonds is 33. The molecule has 3 amide bonds. The highest BCUT2D eigenvalue weighted by atomic mass is 16.6. The molecule has 39 heteroatoms. The Kier molecular flexibility index (Phi) is 42.2. The van der Waals surface area contributed by atoms with Crippen LogP contribution in [-0.2, 0) is 79.9 Å². The molecule has 0 radical (unpaired) electrons. The zero-order chi connectivity index (χ0) is 99.8. The topological polar surface area (TPSA) is 500 Å². The number of piperazine rings is 2. The van der Waals surface area contributed by atoms with E-state index in [2.05, 4.69) is 77.3 Å². The Hall–Kier alpha value is -10.6. The lowest BCUT2D eigenvalue weighted by Gasteiger charge is -2.43. The van der Waals surface area contributed by atoms with Crippen molar-refractivity contribution in [2.75, 3.05) is 155 Å². The van der Waals surface area contributed by atoms with Gasteiger partial charge in [-0.05, 0) is 152 Å². The van der Waals surface area contributed by atoms with Crippen molar-refractivity contribution in [3.63, 3.8) is 0 Å². The van der Waals surface area contributed by atoms with Crippen molar-refractivity contribution in [1.82, 2.24) is 70.0 Å². The number of carbonyl (C=O) groups excluding carboxylic acids is 7. The molecule has 0 unspecified atom stereocenters. The number of aromatic nitrogens is 9. The van der Waals surface area contributed by atoms with E-state index in [4.69, 9.17) is 59.0 Å². The largest absolute Gasteiger partial charge is 0.460 e.